The molecule has 0 saturated carbocycles. The summed E-state index contributed by atoms with van der Waals surface area (Å²) >= 11 is 6.06. The molecule has 0 bridgehead atoms. The number of carbonyl (C=O) groups excluding carboxylic acids is 1. The summed E-state index contributed by atoms with van der Waals surface area (Å²) in [4.78, 5) is 23.7. The fourth-order valence-electron chi connectivity index (χ4n) is 2.32. The van der Waals surface area contributed by atoms with E-state index in [-0.39, 0.29) is 33.1 Å². The Hall–Kier alpha value is -3.18. The highest BCUT2D eigenvalue weighted by Crippen LogP contribution is 2.28. The van der Waals surface area contributed by atoms with Gasteiger partial charge in [-0.2, -0.15) is 9.97 Å². The molecular weight excluding hydrogens is 410 g/mol. The van der Waals surface area contributed by atoms with Crippen LogP contribution in [0.2, 0.25) is 5.02 Å². The molecule has 0 saturated heterocycles. The van der Waals surface area contributed by atoms with Gasteiger partial charge in [-0.3, -0.25) is 10.3 Å². The third kappa shape index (κ3) is 4.05. The fourth-order valence-corrected chi connectivity index (χ4v) is 3.92. The van der Waals surface area contributed by atoms with Crippen LogP contribution in [0.4, 0.5) is 10.7 Å². The van der Waals surface area contributed by atoms with Crippen molar-refractivity contribution >= 4 is 44.5 Å². The Bertz CT molecular complexity index is 1130. The van der Waals surface area contributed by atoms with Crippen LogP contribution in [0, 0.1) is 0 Å². The number of carbonyl (C=O) groups is 1. The molecule has 0 atom stereocenters. The van der Waals surface area contributed by atoms with Crippen molar-refractivity contribution in [3.05, 3.63) is 41.6 Å². The number of nitrogens with one attached hydrogen (secondary N) is 2. The number of rotatable bonds is 5. The first-order valence-electron chi connectivity index (χ1n) is 7.68. The topological polar surface area (TPSA) is 132 Å². The number of urea groups is 1. The quantitative estimate of drug-likeness (QED) is 0.638. The number of amides is 2. The second-order valence-electron chi connectivity index (χ2n) is 5.29. The van der Waals surface area contributed by atoms with Gasteiger partial charge in [0.1, 0.15) is 4.90 Å². The Labute approximate surface area is 164 Å². The molecule has 10 nitrogen and oxygen atoms in total. The smallest absolute Gasteiger partial charge is 0.335 e. The summed E-state index contributed by atoms with van der Waals surface area (Å²) in [5, 5.41) is 2.68. The molecule has 0 unspecified atom stereocenters. The van der Waals surface area contributed by atoms with Crippen LogP contribution in [0.15, 0.2) is 41.4 Å². The Balaban J connectivity index is 1.90. The van der Waals surface area contributed by atoms with Crippen molar-refractivity contribution in [2.45, 2.75) is 4.90 Å². The number of nitrogens with zero attached hydrogens (tertiary/aromatic N) is 3. The van der Waals surface area contributed by atoms with E-state index in [9.17, 15) is 13.2 Å². The van der Waals surface area contributed by atoms with E-state index in [4.69, 9.17) is 21.1 Å². The van der Waals surface area contributed by atoms with Gasteiger partial charge in [0.05, 0.1) is 30.8 Å². The van der Waals surface area contributed by atoms with Crippen LogP contribution in [0.3, 0.4) is 0 Å². The van der Waals surface area contributed by atoms with Crippen molar-refractivity contribution in [2.24, 2.45) is 0 Å². The van der Waals surface area contributed by atoms with Crippen molar-refractivity contribution in [2.75, 3.05) is 19.5 Å². The lowest BCUT2D eigenvalue weighted by molar-refractivity contribution is 0.256. The number of anilines is 1. The summed E-state index contributed by atoms with van der Waals surface area (Å²) in [5.41, 5.74) is 0.134. The molecular formula is C16H14ClN5O5S. The summed E-state index contributed by atoms with van der Waals surface area (Å²) in [6.45, 7) is 0. The molecule has 0 fully saturated rings. The molecule has 0 radical (unpaired) electrons. The highest BCUT2D eigenvalue weighted by Gasteiger charge is 2.25. The number of hydrogen-bond donors (Lipinski definition) is 2. The van der Waals surface area contributed by atoms with Crippen molar-refractivity contribution in [3.63, 3.8) is 0 Å². The second kappa shape index (κ2) is 7.82. The zero-order chi connectivity index (χ0) is 20.3. The number of benzene rings is 1. The van der Waals surface area contributed by atoms with Crippen LogP contribution >= 0.6 is 11.6 Å². The monoisotopic (exact) mass is 423 g/mol. The minimum absolute atomic E-state index is 0.0780. The van der Waals surface area contributed by atoms with Crippen LogP contribution in [0.1, 0.15) is 0 Å². The normalized spacial score (nSPS) is 11.1. The van der Waals surface area contributed by atoms with Crippen molar-refractivity contribution < 1.29 is 22.7 Å². The lowest BCUT2D eigenvalue weighted by atomic mass is 10.2. The number of fused-ring (bicyclic) bond motifs is 1. The average molecular weight is 424 g/mol. The van der Waals surface area contributed by atoms with E-state index in [0.717, 1.165) is 0 Å². The van der Waals surface area contributed by atoms with Gasteiger partial charge in [0.25, 0.3) is 10.0 Å². The molecule has 12 heteroatoms. The number of ether oxygens (including phenoxy) is 2. The molecule has 28 heavy (non-hydrogen) atoms. The zero-order valence-electron chi connectivity index (χ0n) is 14.6. The van der Waals surface area contributed by atoms with Gasteiger partial charge in [0, 0.05) is 11.6 Å². The zero-order valence-corrected chi connectivity index (χ0v) is 16.2. The van der Waals surface area contributed by atoms with Gasteiger partial charge in [-0.05, 0) is 12.1 Å². The molecule has 146 valence electrons. The van der Waals surface area contributed by atoms with Gasteiger partial charge >= 0.3 is 6.03 Å². The van der Waals surface area contributed by atoms with Crippen molar-refractivity contribution in [1.82, 2.24) is 19.7 Å². The third-order valence-corrected chi connectivity index (χ3v) is 5.33. The van der Waals surface area contributed by atoms with E-state index >= 15 is 0 Å². The highest BCUT2D eigenvalue weighted by atomic mass is 35.5. The largest absolute Gasteiger partial charge is 0.481 e. The second-order valence-corrected chi connectivity index (χ2v) is 7.31. The molecule has 0 aliphatic carbocycles. The predicted octanol–water partition coefficient (Wildman–Crippen LogP) is 2.21. The number of hydrogen-bond acceptors (Lipinski definition) is 8. The summed E-state index contributed by atoms with van der Waals surface area (Å²) < 4.78 is 37.3. The van der Waals surface area contributed by atoms with Gasteiger partial charge < -0.3 is 9.47 Å². The molecule has 0 spiro atoms. The fraction of sp³-hybridized carbons (Fsp3) is 0.125. The van der Waals surface area contributed by atoms with Crippen molar-refractivity contribution in [3.8, 4) is 11.8 Å². The molecule has 2 heterocycles. The van der Waals surface area contributed by atoms with Gasteiger partial charge in [0.15, 0.2) is 0 Å². The highest BCUT2D eigenvalue weighted by molar-refractivity contribution is 7.90. The summed E-state index contributed by atoms with van der Waals surface area (Å²) in [5.74, 6) is 0.0173. The summed E-state index contributed by atoms with van der Waals surface area (Å²) in [6.07, 6.45) is 1.42. The van der Waals surface area contributed by atoms with Crippen LogP contribution < -0.4 is 19.5 Å². The number of sulfonamides is 1. The standard InChI is InChI=1S/C16H14ClN5O5S/c1-26-11-8-12(27-2)20-15(19-11)21-16(23)22-28(24,25)14-10(17)6-5-9-4-3-7-18-13(9)14/h3-8H,1-2H3,(H2,19,20,21,22,23). The van der Waals surface area contributed by atoms with Gasteiger partial charge in [-0.15, -0.1) is 0 Å². The summed E-state index contributed by atoms with van der Waals surface area (Å²) in [7, 11) is -1.61. The Morgan fingerprint density at radius 2 is 1.79 bits per heavy atom. The lowest BCUT2D eigenvalue weighted by Crippen LogP contribution is -2.35. The van der Waals surface area contributed by atoms with Crippen LogP contribution in [-0.4, -0.2) is 43.6 Å². The van der Waals surface area contributed by atoms with E-state index in [1.54, 1.807) is 18.2 Å². The number of methoxy groups -OCH3 is 2. The summed E-state index contributed by atoms with van der Waals surface area (Å²) in [6, 6.07) is 6.66. The third-order valence-electron chi connectivity index (χ3n) is 3.50. The first-order chi connectivity index (χ1) is 13.3. The van der Waals surface area contributed by atoms with Crippen molar-refractivity contribution in [1.29, 1.82) is 0 Å². The molecule has 2 amide bonds. The Morgan fingerprint density at radius 1 is 1.11 bits per heavy atom. The SMILES string of the molecule is COc1cc(OC)nc(NC(=O)NS(=O)(=O)c2c(Cl)ccc3cccnc23)n1. The number of aromatic nitrogens is 3. The minimum atomic E-state index is -4.34. The first kappa shape index (κ1) is 19.6. The van der Waals surface area contributed by atoms with E-state index in [1.165, 1.54) is 32.5 Å². The van der Waals surface area contributed by atoms with Crippen LogP contribution in [-0.2, 0) is 10.0 Å². The van der Waals surface area contributed by atoms with E-state index < -0.39 is 16.1 Å². The van der Waals surface area contributed by atoms with Gasteiger partial charge in [-0.25, -0.2) is 17.9 Å². The Morgan fingerprint density at radius 3 is 2.43 bits per heavy atom. The Kier molecular flexibility index (Phi) is 5.47. The minimum Gasteiger partial charge on any atom is -0.481 e. The van der Waals surface area contributed by atoms with E-state index in [0.29, 0.717) is 5.39 Å². The lowest BCUT2D eigenvalue weighted by Gasteiger charge is -2.11. The molecule has 2 aromatic heterocycles. The average Bonchev–Trinajstić information content (AvgIpc) is 2.66. The molecule has 1 aromatic carbocycles. The molecule has 3 rings (SSSR count). The number of halogens is 1. The molecule has 3 aromatic rings. The maximum Gasteiger partial charge on any atom is 0.335 e. The van der Waals surface area contributed by atoms with Gasteiger partial charge in [0.2, 0.25) is 17.7 Å². The predicted molar refractivity (Wildman–Crippen MR) is 101 cm³/mol. The van der Waals surface area contributed by atoms with E-state index in [2.05, 4.69) is 20.3 Å². The molecule has 0 aliphatic rings. The van der Waals surface area contributed by atoms with Crippen LogP contribution in [0.25, 0.3) is 10.9 Å². The van der Waals surface area contributed by atoms with Crippen LogP contribution in [0.5, 0.6) is 11.8 Å². The number of pyridine rings is 1. The van der Waals surface area contributed by atoms with E-state index in [1.807, 2.05) is 4.72 Å². The first-order valence-corrected chi connectivity index (χ1v) is 9.54. The molecule has 2 N–H and O–H groups in total. The molecule has 0 aliphatic heterocycles. The maximum atomic E-state index is 12.7. The maximum absolute atomic E-state index is 12.7. The van der Waals surface area contributed by atoms with Gasteiger partial charge in [-0.1, -0.05) is 23.7 Å².